The van der Waals surface area contributed by atoms with Crippen LogP contribution in [0.3, 0.4) is 0 Å². The van der Waals surface area contributed by atoms with Crippen molar-refractivity contribution >= 4 is 17.7 Å². The van der Waals surface area contributed by atoms with Gasteiger partial charge in [0.05, 0.1) is 5.25 Å². The molecule has 9 heavy (non-hydrogen) atoms. The summed E-state index contributed by atoms with van der Waals surface area (Å²) in [7, 11) is 0. The Morgan fingerprint density at radius 3 is 2.78 bits per heavy atom. The third kappa shape index (κ3) is 4.33. The number of aliphatic carboxylic acids is 1. The van der Waals surface area contributed by atoms with E-state index in [0.717, 1.165) is 6.42 Å². The van der Waals surface area contributed by atoms with Gasteiger partial charge in [0.15, 0.2) is 0 Å². The molecule has 0 aliphatic rings. The van der Waals surface area contributed by atoms with E-state index in [1.54, 1.807) is 6.92 Å². The molecule has 0 saturated heterocycles. The maximum atomic E-state index is 10.2. The van der Waals surface area contributed by atoms with Crippen LogP contribution in [0.25, 0.3) is 0 Å². The van der Waals surface area contributed by atoms with Gasteiger partial charge >= 0.3 is 5.97 Å². The van der Waals surface area contributed by atoms with Crippen molar-refractivity contribution in [1.29, 1.82) is 0 Å². The third-order valence-corrected chi connectivity index (χ3v) is 1.95. The van der Waals surface area contributed by atoms with Crippen molar-refractivity contribution in [3.8, 4) is 0 Å². The minimum atomic E-state index is -0.746. The fourth-order valence-corrected chi connectivity index (χ4v) is 0.896. The lowest BCUT2D eigenvalue weighted by atomic mass is 10.5. The summed E-state index contributed by atoms with van der Waals surface area (Å²) in [5.41, 5.74) is 0. The highest BCUT2D eigenvalue weighted by molar-refractivity contribution is 8.02. The third-order valence-electron chi connectivity index (χ3n) is 0.815. The molecule has 0 fully saturated rings. The molecular weight excluding hydrogens is 136 g/mol. The molecule has 1 N–H and O–H groups in total. The van der Waals surface area contributed by atoms with Gasteiger partial charge in [0.2, 0.25) is 0 Å². The van der Waals surface area contributed by atoms with Gasteiger partial charge in [0, 0.05) is 5.75 Å². The summed E-state index contributed by atoms with van der Waals surface area (Å²) in [6, 6.07) is 0. The van der Waals surface area contributed by atoms with E-state index in [-0.39, 0.29) is 5.25 Å². The van der Waals surface area contributed by atoms with Crippen LogP contribution in [-0.4, -0.2) is 16.3 Å². The Bertz CT molecular complexity index is 93.1. The van der Waals surface area contributed by atoms with Crippen molar-refractivity contribution in [2.24, 2.45) is 0 Å². The SMILES string of the molecule is CC[CH]SC(C)C(=O)O. The first-order valence-electron chi connectivity index (χ1n) is 2.88. The molecule has 3 heteroatoms. The lowest BCUT2D eigenvalue weighted by Crippen LogP contribution is -2.10. The molecule has 0 rings (SSSR count). The van der Waals surface area contributed by atoms with E-state index in [1.807, 2.05) is 12.7 Å². The van der Waals surface area contributed by atoms with Crippen LogP contribution in [0, 0.1) is 5.75 Å². The summed E-state index contributed by atoms with van der Waals surface area (Å²) in [6.07, 6.45) is 0.919. The minimum Gasteiger partial charge on any atom is -0.480 e. The van der Waals surface area contributed by atoms with Gasteiger partial charge in [-0.1, -0.05) is 6.92 Å². The predicted molar refractivity (Wildman–Crippen MR) is 39.3 cm³/mol. The minimum absolute atomic E-state index is 0.301. The van der Waals surface area contributed by atoms with Crippen LogP contribution in [0.4, 0.5) is 0 Å². The number of thioether (sulfide) groups is 1. The van der Waals surface area contributed by atoms with Crippen LogP contribution in [0.15, 0.2) is 0 Å². The first kappa shape index (κ1) is 8.82. The fraction of sp³-hybridized carbons (Fsp3) is 0.667. The van der Waals surface area contributed by atoms with Gasteiger partial charge in [-0.05, 0) is 13.3 Å². The largest absolute Gasteiger partial charge is 0.480 e. The summed E-state index contributed by atoms with van der Waals surface area (Å²) in [5.74, 6) is 1.16. The lowest BCUT2D eigenvalue weighted by Gasteiger charge is -2.01. The average Bonchev–Trinajstić information content (AvgIpc) is 1.82. The van der Waals surface area contributed by atoms with Gasteiger partial charge in [-0.25, -0.2) is 0 Å². The summed E-state index contributed by atoms with van der Waals surface area (Å²) >= 11 is 1.36. The Labute approximate surface area is 59.6 Å². The van der Waals surface area contributed by atoms with Crippen molar-refractivity contribution in [2.45, 2.75) is 25.5 Å². The van der Waals surface area contributed by atoms with Crippen LogP contribution < -0.4 is 0 Å². The molecule has 0 aromatic heterocycles. The second-order valence-corrected chi connectivity index (χ2v) is 3.00. The van der Waals surface area contributed by atoms with Crippen molar-refractivity contribution in [3.05, 3.63) is 5.75 Å². The zero-order chi connectivity index (χ0) is 7.28. The Kier molecular flexibility index (Phi) is 4.58. The number of hydrogen-bond donors (Lipinski definition) is 1. The highest BCUT2D eigenvalue weighted by atomic mass is 32.2. The van der Waals surface area contributed by atoms with Gasteiger partial charge < -0.3 is 5.11 Å². The van der Waals surface area contributed by atoms with Gasteiger partial charge in [-0.3, -0.25) is 4.79 Å². The van der Waals surface area contributed by atoms with Crippen molar-refractivity contribution in [1.82, 2.24) is 0 Å². The predicted octanol–water partition coefficient (Wildman–Crippen LogP) is 1.76. The van der Waals surface area contributed by atoms with Crippen LogP contribution in [0.1, 0.15) is 20.3 Å². The molecule has 0 aromatic carbocycles. The molecule has 0 saturated carbocycles. The maximum Gasteiger partial charge on any atom is 0.316 e. The van der Waals surface area contributed by atoms with Crippen LogP contribution >= 0.6 is 11.8 Å². The van der Waals surface area contributed by atoms with E-state index >= 15 is 0 Å². The molecule has 0 heterocycles. The topological polar surface area (TPSA) is 37.3 Å². The summed E-state index contributed by atoms with van der Waals surface area (Å²) in [4.78, 5) is 10.2. The Morgan fingerprint density at radius 1 is 1.89 bits per heavy atom. The Hall–Kier alpha value is -0.180. The number of rotatable bonds is 4. The highest BCUT2D eigenvalue weighted by Crippen LogP contribution is 2.15. The van der Waals surface area contributed by atoms with Gasteiger partial charge in [-0.15, -0.1) is 11.8 Å². The summed E-state index contributed by atoms with van der Waals surface area (Å²) < 4.78 is 0. The number of hydrogen-bond acceptors (Lipinski definition) is 2. The molecule has 0 amide bonds. The second-order valence-electron chi connectivity index (χ2n) is 1.69. The quantitative estimate of drug-likeness (QED) is 0.658. The fourth-order valence-electron chi connectivity index (χ4n) is 0.299. The van der Waals surface area contributed by atoms with E-state index in [9.17, 15) is 4.79 Å². The molecule has 0 aliphatic heterocycles. The maximum absolute atomic E-state index is 10.2. The van der Waals surface area contributed by atoms with Crippen molar-refractivity contribution in [2.75, 3.05) is 0 Å². The first-order chi connectivity index (χ1) is 4.18. The molecule has 0 spiro atoms. The van der Waals surface area contributed by atoms with Gasteiger partial charge in [0.25, 0.3) is 0 Å². The van der Waals surface area contributed by atoms with E-state index in [4.69, 9.17) is 5.11 Å². The second kappa shape index (κ2) is 4.68. The van der Waals surface area contributed by atoms with E-state index in [0.29, 0.717) is 0 Å². The lowest BCUT2D eigenvalue weighted by molar-refractivity contribution is -0.136. The van der Waals surface area contributed by atoms with Crippen LogP contribution in [0.5, 0.6) is 0 Å². The molecule has 1 atom stereocenters. The van der Waals surface area contributed by atoms with Crippen molar-refractivity contribution in [3.63, 3.8) is 0 Å². The van der Waals surface area contributed by atoms with E-state index in [1.165, 1.54) is 11.8 Å². The molecule has 2 nitrogen and oxygen atoms in total. The molecular formula is C6H11O2S. The van der Waals surface area contributed by atoms with Gasteiger partial charge in [0.1, 0.15) is 0 Å². The first-order valence-corrected chi connectivity index (χ1v) is 3.82. The molecule has 1 unspecified atom stereocenters. The van der Waals surface area contributed by atoms with Crippen LogP contribution in [-0.2, 0) is 4.79 Å². The normalized spacial score (nSPS) is 13.1. The van der Waals surface area contributed by atoms with Crippen LogP contribution in [0.2, 0.25) is 0 Å². The standard InChI is InChI=1S/C6H11O2S/c1-3-4-9-5(2)6(7)8/h4-5H,3H2,1-2H3,(H,7,8). The van der Waals surface area contributed by atoms with E-state index < -0.39 is 5.97 Å². The van der Waals surface area contributed by atoms with Crippen molar-refractivity contribution < 1.29 is 9.90 Å². The zero-order valence-electron chi connectivity index (χ0n) is 5.63. The Morgan fingerprint density at radius 2 is 2.44 bits per heavy atom. The smallest absolute Gasteiger partial charge is 0.316 e. The summed E-state index contributed by atoms with van der Waals surface area (Å²) in [6.45, 7) is 3.67. The van der Waals surface area contributed by atoms with Gasteiger partial charge in [-0.2, -0.15) is 0 Å². The number of carboxylic acid groups (broad SMARTS) is 1. The monoisotopic (exact) mass is 147 g/mol. The zero-order valence-corrected chi connectivity index (χ0v) is 6.44. The molecule has 0 aromatic rings. The van der Waals surface area contributed by atoms with E-state index in [2.05, 4.69) is 0 Å². The Balaban J connectivity index is 3.27. The average molecular weight is 147 g/mol. The highest BCUT2D eigenvalue weighted by Gasteiger charge is 2.09. The number of carbonyl (C=O) groups is 1. The molecule has 0 bridgehead atoms. The molecule has 1 radical (unpaired) electrons. The number of carboxylic acids is 1. The molecule has 53 valence electrons. The summed E-state index contributed by atoms with van der Waals surface area (Å²) in [5, 5.41) is 8.07. The molecule has 0 aliphatic carbocycles.